The molecule has 0 N–H and O–H groups in total. The highest BCUT2D eigenvalue weighted by atomic mass is 32.2. The zero-order chi connectivity index (χ0) is 23.6. The molecular formula is C22H27FN4O3S2. The second-order valence-electron chi connectivity index (χ2n) is 7.98. The molecule has 10 heteroatoms. The van der Waals surface area contributed by atoms with E-state index in [1.54, 1.807) is 26.0 Å². The molecule has 0 atom stereocenters. The fourth-order valence-electron chi connectivity index (χ4n) is 2.97. The fourth-order valence-corrected chi connectivity index (χ4v) is 5.34. The van der Waals surface area contributed by atoms with Gasteiger partial charge in [0.2, 0.25) is 10.0 Å². The molecule has 172 valence electrons. The van der Waals surface area contributed by atoms with Crippen LogP contribution in [0.5, 0.6) is 0 Å². The van der Waals surface area contributed by atoms with Crippen molar-refractivity contribution in [2.75, 3.05) is 39.1 Å². The van der Waals surface area contributed by atoms with Crippen LogP contribution in [0.25, 0.3) is 10.2 Å². The van der Waals surface area contributed by atoms with Crippen LogP contribution < -0.4 is 4.90 Å². The summed E-state index contributed by atoms with van der Waals surface area (Å²) in [5.74, 6) is -0.763. The highest BCUT2D eigenvalue weighted by molar-refractivity contribution is 7.89. The summed E-state index contributed by atoms with van der Waals surface area (Å²) in [5, 5.41) is 0.396. The van der Waals surface area contributed by atoms with Crippen LogP contribution >= 0.6 is 11.3 Å². The third kappa shape index (κ3) is 4.98. The first-order valence-corrected chi connectivity index (χ1v) is 12.4. The Hall–Kier alpha value is -2.40. The number of thiazole rings is 1. The highest BCUT2D eigenvalue weighted by Crippen LogP contribution is 2.31. The standard InChI is InChI=1S/C22H27FN4O3S2/c1-15(2)26(5)32(29,30)17-11-9-16(10-12-17)21(28)27(14-13-25(3)4)22-24-20-18(23)7-6-8-19(20)31-22/h6-12,15H,13-14H2,1-5H3. The first kappa shape index (κ1) is 24.2. The first-order valence-electron chi connectivity index (χ1n) is 10.1. The molecule has 0 aliphatic rings. The minimum atomic E-state index is -3.65. The Labute approximate surface area is 192 Å². The van der Waals surface area contributed by atoms with Gasteiger partial charge in [-0.15, -0.1) is 0 Å². The zero-order valence-corrected chi connectivity index (χ0v) is 20.4. The number of halogens is 1. The average molecular weight is 479 g/mol. The predicted octanol–water partition coefficient (Wildman–Crippen LogP) is 3.67. The number of carbonyl (C=O) groups is 1. The normalized spacial score (nSPS) is 12.3. The number of carbonyl (C=O) groups excluding carboxylic acids is 1. The second-order valence-corrected chi connectivity index (χ2v) is 11.0. The SMILES string of the molecule is CC(C)N(C)S(=O)(=O)c1ccc(C(=O)N(CCN(C)C)c2nc3c(F)cccc3s2)cc1. The van der Waals surface area contributed by atoms with Gasteiger partial charge >= 0.3 is 0 Å². The smallest absolute Gasteiger partial charge is 0.260 e. The van der Waals surface area contributed by atoms with E-state index >= 15 is 0 Å². The molecule has 1 heterocycles. The number of rotatable bonds is 8. The van der Waals surface area contributed by atoms with Crippen molar-refractivity contribution < 1.29 is 17.6 Å². The van der Waals surface area contributed by atoms with Gasteiger partial charge in [-0.3, -0.25) is 9.69 Å². The van der Waals surface area contributed by atoms with Gasteiger partial charge in [0.15, 0.2) is 5.13 Å². The Morgan fingerprint density at radius 3 is 2.28 bits per heavy atom. The second kappa shape index (κ2) is 9.62. The lowest BCUT2D eigenvalue weighted by Gasteiger charge is -2.23. The van der Waals surface area contributed by atoms with Crippen molar-refractivity contribution in [1.82, 2.24) is 14.2 Å². The van der Waals surface area contributed by atoms with Crippen LogP contribution in [0.1, 0.15) is 24.2 Å². The Kier molecular flexibility index (Phi) is 7.29. The molecule has 0 saturated carbocycles. The minimum Gasteiger partial charge on any atom is -0.308 e. The van der Waals surface area contributed by atoms with E-state index in [0.29, 0.717) is 28.5 Å². The van der Waals surface area contributed by atoms with Crippen LogP contribution in [0, 0.1) is 5.82 Å². The number of nitrogens with zero attached hydrogens (tertiary/aromatic N) is 4. The van der Waals surface area contributed by atoms with E-state index in [9.17, 15) is 17.6 Å². The van der Waals surface area contributed by atoms with Gasteiger partial charge in [-0.2, -0.15) is 4.31 Å². The molecule has 0 aliphatic heterocycles. The molecular weight excluding hydrogens is 451 g/mol. The lowest BCUT2D eigenvalue weighted by molar-refractivity contribution is 0.0985. The van der Waals surface area contributed by atoms with Crippen LogP contribution in [-0.4, -0.2) is 68.8 Å². The molecule has 2 aromatic carbocycles. The third-order valence-corrected chi connectivity index (χ3v) is 8.20. The van der Waals surface area contributed by atoms with E-state index in [1.807, 2.05) is 19.0 Å². The van der Waals surface area contributed by atoms with Gasteiger partial charge in [-0.25, -0.2) is 17.8 Å². The summed E-state index contributed by atoms with van der Waals surface area (Å²) in [6.07, 6.45) is 0. The van der Waals surface area contributed by atoms with E-state index < -0.39 is 15.8 Å². The summed E-state index contributed by atoms with van der Waals surface area (Å²) < 4.78 is 41.5. The molecule has 32 heavy (non-hydrogen) atoms. The van der Waals surface area contributed by atoms with Gasteiger partial charge in [0.1, 0.15) is 11.3 Å². The van der Waals surface area contributed by atoms with Crippen molar-refractivity contribution in [3.05, 3.63) is 53.8 Å². The van der Waals surface area contributed by atoms with E-state index in [4.69, 9.17) is 0 Å². The molecule has 0 fully saturated rings. The molecule has 0 radical (unpaired) electrons. The number of fused-ring (bicyclic) bond motifs is 1. The number of hydrogen-bond acceptors (Lipinski definition) is 6. The molecule has 3 rings (SSSR count). The lowest BCUT2D eigenvalue weighted by atomic mass is 10.2. The maximum atomic E-state index is 14.2. The summed E-state index contributed by atoms with van der Waals surface area (Å²) in [7, 11) is 1.66. The Bertz CT molecular complexity index is 1210. The molecule has 1 aromatic heterocycles. The van der Waals surface area contributed by atoms with Crippen LogP contribution in [0.4, 0.5) is 9.52 Å². The van der Waals surface area contributed by atoms with Gasteiger partial charge in [0.25, 0.3) is 5.91 Å². The Morgan fingerprint density at radius 2 is 1.72 bits per heavy atom. The molecule has 0 bridgehead atoms. The molecule has 7 nitrogen and oxygen atoms in total. The van der Waals surface area contributed by atoms with Gasteiger partial charge < -0.3 is 4.90 Å². The number of anilines is 1. The minimum absolute atomic E-state index is 0.118. The third-order valence-electron chi connectivity index (χ3n) is 5.11. The monoisotopic (exact) mass is 478 g/mol. The number of hydrogen-bond donors (Lipinski definition) is 0. The molecule has 0 aliphatic carbocycles. The average Bonchev–Trinajstić information content (AvgIpc) is 3.18. The molecule has 0 saturated heterocycles. The van der Waals surface area contributed by atoms with E-state index in [-0.39, 0.29) is 22.4 Å². The number of benzene rings is 2. The lowest BCUT2D eigenvalue weighted by Crippen LogP contribution is -2.37. The quantitative estimate of drug-likeness (QED) is 0.494. The van der Waals surface area contributed by atoms with E-state index in [0.717, 1.165) is 0 Å². The van der Waals surface area contributed by atoms with E-state index in [1.165, 1.54) is 57.9 Å². The Balaban J connectivity index is 1.95. The fraction of sp³-hybridized carbons (Fsp3) is 0.364. The predicted molar refractivity (Wildman–Crippen MR) is 126 cm³/mol. The van der Waals surface area contributed by atoms with Gasteiger partial charge in [-0.1, -0.05) is 17.4 Å². The number of sulfonamides is 1. The molecule has 0 unspecified atom stereocenters. The van der Waals surface area contributed by atoms with Crippen LogP contribution in [-0.2, 0) is 10.0 Å². The van der Waals surface area contributed by atoms with Crippen LogP contribution in [0.2, 0.25) is 0 Å². The summed E-state index contributed by atoms with van der Waals surface area (Å²) >= 11 is 1.24. The van der Waals surface area contributed by atoms with Gasteiger partial charge in [-0.05, 0) is 64.3 Å². The largest absolute Gasteiger partial charge is 0.308 e. The highest BCUT2D eigenvalue weighted by Gasteiger charge is 2.25. The maximum absolute atomic E-state index is 14.2. The van der Waals surface area contributed by atoms with Gasteiger partial charge in [0, 0.05) is 31.7 Å². The molecule has 1 amide bonds. The Morgan fingerprint density at radius 1 is 1.06 bits per heavy atom. The van der Waals surface area contributed by atoms with Crippen molar-refractivity contribution in [3.63, 3.8) is 0 Å². The number of aromatic nitrogens is 1. The summed E-state index contributed by atoms with van der Waals surface area (Å²) in [4.78, 5) is 21.3. The molecule has 3 aromatic rings. The van der Waals surface area contributed by atoms with Crippen LogP contribution in [0.15, 0.2) is 47.4 Å². The number of likely N-dealkylation sites (N-methyl/N-ethyl adjacent to an activating group) is 1. The summed E-state index contributed by atoms with van der Waals surface area (Å²) in [6, 6.07) is 10.4. The summed E-state index contributed by atoms with van der Waals surface area (Å²) in [5.41, 5.74) is 0.558. The van der Waals surface area contributed by atoms with Crippen LogP contribution in [0.3, 0.4) is 0 Å². The van der Waals surface area contributed by atoms with Gasteiger partial charge in [0.05, 0.1) is 9.60 Å². The molecule has 0 spiro atoms. The maximum Gasteiger partial charge on any atom is 0.260 e. The summed E-state index contributed by atoms with van der Waals surface area (Å²) in [6.45, 7) is 4.51. The zero-order valence-electron chi connectivity index (χ0n) is 18.7. The number of para-hydroxylation sites is 1. The van der Waals surface area contributed by atoms with Crippen molar-refractivity contribution in [2.24, 2.45) is 0 Å². The van der Waals surface area contributed by atoms with Crippen molar-refractivity contribution >= 4 is 42.6 Å². The van der Waals surface area contributed by atoms with Crippen molar-refractivity contribution in [1.29, 1.82) is 0 Å². The first-order chi connectivity index (χ1) is 15.0. The number of amides is 1. The van der Waals surface area contributed by atoms with Crippen molar-refractivity contribution in [2.45, 2.75) is 24.8 Å². The van der Waals surface area contributed by atoms with Crippen molar-refractivity contribution in [3.8, 4) is 0 Å². The topological polar surface area (TPSA) is 73.8 Å². The van der Waals surface area contributed by atoms with E-state index in [2.05, 4.69) is 4.98 Å².